The van der Waals surface area contributed by atoms with E-state index in [0.29, 0.717) is 71.0 Å². The Hall–Kier alpha value is -8.54. The number of aromatic nitrogens is 4. The number of amides is 2. The Bertz CT molecular complexity index is 3200. The van der Waals surface area contributed by atoms with E-state index >= 15 is 0 Å². The Morgan fingerprint density at radius 3 is 2.31 bits per heavy atom. The van der Waals surface area contributed by atoms with Gasteiger partial charge in [-0.05, 0) is 116 Å². The van der Waals surface area contributed by atoms with E-state index in [0.717, 1.165) is 16.5 Å². The van der Waals surface area contributed by atoms with Gasteiger partial charge in [-0.25, -0.2) is 9.78 Å². The lowest BCUT2D eigenvalue weighted by atomic mass is 9.84. The van der Waals surface area contributed by atoms with Gasteiger partial charge in [0.15, 0.2) is 5.82 Å². The summed E-state index contributed by atoms with van der Waals surface area (Å²) >= 11 is 0. The molecule has 0 saturated carbocycles. The Labute approximate surface area is 415 Å². The molecule has 4 heterocycles. The number of esters is 2. The molecule has 0 saturated heterocycles. The van der Waals surface area contributed by atoms with Crippen LogP contribution in [0.15, 0.2) is 96.1 Å². The molecule has 0 radical (unpaired) electrons. The lowest BCUT2D eigenvalue weighted by molar-refractivity contribution is -0.179. The number of hydrogen-bond donors (Lipinski definition) is 4. The standard InChI is InChI=1S/C54H55N7O11/c1-8-37-39-23-34(63)15-20-43(39)56-48-41(37)27-60(7)44(48)25-42-32(28-62)29-70-53(69)54(42,9-2)72-47(66)21-22-59(6)52(68)31-11-16-35(17-12-31)71-36-18-13-33(14-19-36)61-49(57-58-50(61)51(67)55-10-3)40-24-38(30(4)5)45(64)26-46(40)65/h11-20,23-26,28,30,63-65H,8-10,21-22,27,29H2,1-7H3,(H,55,67)/b44-25-. The molecule has 1 unspecified atom stereocenters. The van der Waals surface area contributed by atoms with Gasteiger partial charge in [0.2, 0.25) is 11.4 Å². The van der Waals surface area contributed by atoms with Gasteiger partial charge in [-0.1, -0.05) is 27.7 Å². The van der Waals surface area contributed by atoms with Crippen molar-refractivity contribution < 1.29 is 53.5 Å². The van der Waals surface area contributed by atoms with Gasteiger partial charge in [0.25, 0.3) is 11.8 Å². The predicted molar refractivity (Wildman–Crippen MR) is 266 cm³/mol. The Morgan fingerprint density at radius 1 is 0.944 bits per heavy atom. The first-order chi connectivity index (χ1) is 34.5. The molecular formula is C54H55N7O11. The van der Waals surface area contributed by atoms with E-state index in [1.807, 2.05) is 32.7 Å². The van der Waals surface area contributed by atoms with Crippen LogP contribution in [-0.4, -0.2) is 114 Å². The van der Waals surface area contributed by atoms with Crippen molar-refractivity contribution in [2.45, 2.75) is 71.9 Å². The molecule has 6 aromatic rings. The summed E-state index contributed by atoms with van der Waals surface area (Å²) in [5.41, 5.74) is 3.91. The first-order valence-electron chi connectivity index (χ1n) is 23.6. The van der Waals surface area contributed by atoms with E-state index < -0.39 is 29.4 Å². The number of carbonyl (C=O) groups is 5. The van der Waals surface area contributed by atoms with E-state index in [-0.39, 0.29) is 77.5 Å². The van der Waals surface area contributed by atoms with Gasteiger partial charge in [0.05, 0.1) is 28.9 Å². The van der Waals surface area contributed by atoms with Crippen LogP contribution in [0, 0.1) is 0 Å². The third kappa shape index (κ3) is 9.42. The number of rotatable bonds is 16. The molecular weight excluding hydrogens is 923 g/mol. The van der Waals surface area contributed by atoms with Gasteiger partial charge in [0.1, 0.15) is 41.6 Å². The summed E-state index contributed by atoms with van der Waals surface area (Å²) in [5.74, 6) is -1.75. The van der Waals surface area contributed by atoms with Gasteiger partial charge < -0.3 is 44.6 Å². The average Bonchev–Trinajstić information content (AvgIpc) is 3.94. The minimum Gasteiger partial charge on any atom is -0.508 e. The summed E-state index contributed by atoms with van der Waals surface area (Å²) in [6.07, 6.45) is 2.61. The molecule has 0 aliphatic carbocycles. The van der Waals surface area contributed by atoms with Gasteiger partial charge in [-0.3, -0.25) is 23.7 Å². The van der Waals surface area contributed by atoms with Crippen LogP contribution in [0.1, 0.15) is 96.7 Å². The second-order valence-corrected chi connectivity index (χ2v) is 17.9. The van der Waals surface area contributed by atoms with Gasteiger partial charge in [-0.2, -0.15) is 0 Å². The number of phenols is 3. The van der Waals surface area contributed by atoms with Crippen LogP contribution in [0.4, 0.5) is 0 Å². The molecule has 2 amide bonds. The number of ether oxygens (including phenoxy) is 3. The molecule has 372 valence electrons. The van der Waals surface area contributed by atoms with Crippen molar-refractivity contribution in [3.8, 4) is 45.8 Å². The quantitative estimate of drug-likeness (QED) is 0.0542. The van der Waals surface area contributed by atoms with Crippen molar-refractivity contribution in [1.29, 1.82) is 0 Å². The van der Waals surface area contributed by atoms with Crippen molar-refractivity contribution in [2.24, 2.45) is 0 Å². The molecule has 0 spiro atoms. The molecule has 0 fully saturated rings. The van der Waals surface area contributed by atoms with Crippen LogP contribution in [0.5, 0.6) is 28.7 Å². The largest absolute Gasteiger partial charge is 0.508 e. The third-order valence-corrected chi connectivity index (χ3v) is 12.9. The fraction of sp³-hybridized carbons (Fsp3) is 0.296. The minimum atomic E-state index is -1.96. The maximum atomic E-state index is 13.7. The zero-order valence-electron chi connectivity index (χ0n) is 41.0. The number of phenolic OH excluding ortho intramolecular Hbond substituents is 3. The van der Waals surface area contributed by atoms with Crippen LogP contribution in [0.3, 0.4) is 0 Å². The number of cyclic esters (lactones) is 1. The number of hydrogen-bond acceptors (Lipinski definition) is 15. The lowest BCUT2D eigenvalue weighted by Gasteiger charge is -2.36. The third-order valence-electron chi connectivity index (χ3n) is 12.9. The zero-order valence-corrected chi connectivity index (χ0v) is 41.0. The normalized spacial score (nSPS) is 16.0. The van der Waals surface area contributed by atoms with E-state index in [2.05, 4.69) is 15.5 Å². The summed E-state index contributed by atoms with van der Waals surface area (Å²) in [7, 11) is 3.40. The van der Waals surface area contributed by atoms with Crippen LogP contribution in [-0.2, 0) is 36.8 Å². The Morgan fingerprint density at radius 2 is 1.65 bits per heavy atom. The Kier molecular flexibility index (Phi) is 14.2. The minimum absolute atomic E-state index is 0.0196. The molecule has 18 heteroatoms. The highest BCUT2D eigenvalue weighted by atomic mass is 16.6. The van der Waals surface area contributed by atoms with Crippen molar-refractivity contribution >= 4 is 46.6 Å². The number of aryl methyl sites for hydroxylation is 1. The van der Waals surface area contributed by atoms with E-state index in [9.17, 15) is 39.3 Å². The lowest BCUT2D eigenvalue weighted by Crippen LogP contribution is -2.49. The highest BCUT2D eigenvalue weighted by Gasteiger charge is 2.50. The van der Waals surface area contributed by atoms with Crippen LogP contribution >= 0.6 is 0 Å². The van der Waals surface area contributed by atoms with Crippen molar-refractivity contribution in [2.75, 3.05) is 33.8 Å². The fourth-order valence-corrected chi connectivity index (χ4v) is 9.10. The van der Waals surface area contributed by atoms with Crippen molar-refractivity contribution in [1.82, 2.24) is 34.9 Å². The number of pyridine rings is 1. The molecule has 1 atom stereocenters. The summed E-state index contributed by atoms with van der Waals surface area (Å²) in [6, 6.07) is 21.0. The van der Waals surface area contributed by atoms with Crippen LogP contribution < -0.4 is 10.1 Å². The van der Waals surface area contributed by atoms with E-state index in [1.165, 1.54) is 22.6 Å². The molecule has 72 heavy (non-hydrogen) atoms. The predicted octanol–water partition coefficient (Wildman–Crippen LogP) is 7.52. The number of carbonyl (C=O) groups excluding carboxylic acids is 5. The van der Waals surface area contributed by atoms with E-state index in [1.54, 1.807) is 92.7 Å². The maximum absolute atomic E-state index is 13.7. The second-order valence-electron chi connectivity index (χ2n) is 17.9. The number of fused-ring (bicyclic) bond motifs is 2. The van der Waals surface area contributed by atoms with Crippen LogP contribution in [0.25, 0.3) is 33.7 Å². The first-order valence-corrected chi connectivity index (χ1v) is 23.6. The van der Waals surface area contributed by atoms with Crippen LogP contribution in [0.2, 0.25) is 0 Å². The smallest absolute Gasteiger partial charge is 0.355 e. The number of nitrogens with zero attached hydrogens (tertiary/aromatic N) is 6. The summed E-state index contributed by atoms with van der Waals surface area (Å²) in [6.45, 7) is 9.70. The van der Waals surface area contributed by atoms with Gasteiger partial charge in [-0.15, -0.1) is 10.2 Å². The Balaban J connectivity index is 0.950. The number of nitrogens with one attached hydrogen (secondary N) is 1. The molecule has 4 N–H and O–H groups in total. The molecule has 8 rings (SSSR count). The average molecular weight is 978 g/mol. The van der Waals surface area contributed by atoms with Crippen molar-refractivity contribution in [3.63, 3.8) is 0 Å². The maximum Gasteiger partial charge on any atom is 0.355 e. The zero-order chi connectivity index (χ0) is 51.6. The van der Waals surface area contributed by atoms with Gasteiger partial charge in [0, 0.05) is 73.1 Å². The van der Waals surface area contributed by atoms with E-state index in [4.69, 9.17) is 19.2 Å². The molecule has 2 aliphatic rings. The first kappa shape index (κ1) is 49.9. The monoisotopic (exact) mass is 977 g/mol. The summed E-state index contributed by atoms with van der Waals surface area (Å²) in [5, 5.41) is 43.6. The molecule has 2 aliphatic heterocycles. The number of aldehydes is 1. The van der Waals surface area contributed by atoms with Gasteiger partial charge >= 0.3 is 11.9 Å². The topological polar surface area (TPSA) is 236 Å². The molecule has 18 nitrogen and oxygen atoms in total. The molecule has 0 bridgehead atoms. The fourth-order valence-electron chi connectivity index (χ4n) is 9.10. The van der Waals surface area contributed by atoms with Crippen molar-refractivity contribution in [3.05, 3.63) is 130 Å². The number of benzene rings is 4. The summed E-state index contributed by atoms with van der Waals surface area (Å²) in [4.78, 5) is 74.9. The highest BCUT2D eigenvalue weighted by Crippen LogP contribution is 2.42. The molecule has 2 aromatic heterocycles. The SMILES string of the molecule is CCNC(=O)c1nnc(-c2cc(C(C)C)c(O)cc2O)n1-c1ccc(Oc2ccc(C(=O)N(C)CCC(=O)OC3(CC)C(=O)OCC(C=O)=C3/C=C3/c4nc5ccc(O)cc5c(CC)c4CN3C)cc2)cc1. The highest BCUT2D eigenvalue weighted by molar-refractivity contribution is 5.97. The number of aromatic hydroxyl groups is 3. The molecule has 4 aromatic carbocycles. The second kappa shape index (κ2) is 20.4. The summed E-state index contributed by atoms with van der Waals surface area (Å²) < 4.78 is 19.1.